The fraction of sp³-hybridized carbons (Fsp3) is 0. The predicted molar refractivity (Wildman–Crippen MR) is 226 cm³/mol. The molecule has 0 atom stereocenters. The molecule has 5 nitrogen and oxygen atoms in total. The third-order valence-corrected chi connectivity index (χ3v) is 11.1. The number of hydrogen-bond donors (Lipinski definition) is 0. The van der Waals surface area contributed by atoms with Crippen LogP contribution in [0.15, 0.2) is 176 Å². The van der Waals surface area contributed by atoms with E-state index in [1.54, 1.807) is 0 Å². The molecule has 0 spiro atoms. The Morgan fingerprint density at radius 1 is 0.418 bits per heavy atom. The second-order valence-electron chi connectivity index (χ2n) is 13.9. The molecule has 0 aliphatic rings. The van der Waals surface area contributed by atoms with Gasteiger partial charge in [0, 0.05) is 54.6 Å². The third-order valence-electron chi connectivity index (χ3n) is 11.1. The summed E-state index contributed by atoms with van der Waals surface area (Å²) in [5.74, 6) is 0. The van der Waals surface area contributed by atoms with Gasteiger partial charge in [-0.05, 0) is 60.7 Å². The van der Waals surface area contributed by atoms with E-state index < -0.39 is 0 Å². The topological polar surface area (TPSA) is 42.9 Å². The Hall–Kier alpha value is -7.86. The lowest BCUT2D eigenvalue weighted by atomic mass is 9.96. The fourth-order valence-corrected chi connectivity index (χ4v) is 8.83. The molecule has 11 rings (SSSR count). The van der Waals surface area contributed by atoms with Gasteiger partial charge in [0.1, 0.15) is 0 Å². The van der Waals surface area contributed by atoms with Gasteiger partial charge in [-0.3, -0.25) is 0 Å². The van der Waals surface area contributed by atoms with Crippen LogP contribution < -0.4 is 0 Å². The summed E-state index contributed by atoms with van der Waals surface area (Å²) in [6, 6.07) is 63.7. The number of benzene rings is 8. The molecule has 0 bridgehead atoms. The summed E-state index contributed by atoms with van der Waals surface area (Å²) < 4.78 is 6.94. The van der Waals surface area contributed by atoms with E-state index in [0.29, 0.717) is 11.3 Å². The van der Waals surface area contributed by atoms with E-state index in [0.717, 1.165) is 82.8 Å². The van der Waals surface area contributed by atoms with Crippen LogP contribution in [0.4, 0.5) is 5.69 Å². The number of fused-ring (bicyclic) bond motifs is 9. The molecule has 0 amide bonds. The second kappa shape index (κ2) is 11.8. The zero-order valence-electron chi connectivity index (χ0n) is 29.5. The van der Waals surface area contributed by atoms with Crippen LogP contribution in [0.3, 0.4) is 0 Å². The molecule has 0 unspecified atom stereocenters. The van der Waals surface area contributed by atoms with Gasteiger partial charge in [-0.2, -0.15) is 5.26 Å². The molecule has 0 radical (unpaired) electrons. The van der Waals surface area contributed by atoms with E-state index in [9.17, 15) is 5.26 Å². The van der Waals surface area contributed by atoms with Crippen molar-refractivity contribution in [2.24, 2.45) is 0 Å². The summed E-state index contributed by atoms with van der Waals surface area (Å²) >= 11 is 0. The summed E-state index contributed by atoms with van der Waals surface area (Å²) in [7, 11) is 0. The smallest absolute Gasteiger partial charge is 0.189 e. The van der Waals surface area contributed by atoms with Gasteiger partial charge in [0.05, 0.1) is 57.2 Å². The first-order chi connectivity index (χ1) is 27.2. The molecule has 3 aromatic heterocycles. The van der Waals surface area contributed by atoms with Crippen molar-refractivity contribution in [3.8, 4) is 34.3 Å². The monoisotopic (exact) mass is 699 g/mol. The van der Waals surface area contributed by atoms with E-state index in [-0.39, 0.29) is 0 Å². The number of nitrogens with zero attached hydrogens (tertiary/aromatic N) is 5. The van der Waals surface area contributed by atoms with Gasteiger partial charge in [0.2, 0.25) is 0 Å². The van der Waals surface area contributed by atoms with Crippen molar-refractivity contribution in [1.82, 2.24) is 13.7 Å². The first kappa shape index (κ1) is 30.7. The minimum atomic E-state index is 0.569. The highest BCUT2D eigenvalue weighted by molar-refractivity contribution is 6.13. The molecule has 0 aliphatic carbocycles. The van der Waals surface area contributed by atoms with Crippen molar-refractivity contribution >= 4 is 71.1 Å². The molecule has 8 aromatic carbocycles. The van der Waals surface area contributed by atoms with Gasteiger partial charge < -0.3 is 13.7 Å². The molecule has 0 saturated carbocycles. The fourth-order valence-electron chi connectivity index (χ4n) is 8.83. The van der Waals surface area contributed by atoms with Crippen molar-refractivity contribution in [2.75, 3.05) is 0 Å². The summed E-state index contributed by atoms with van der Waals surface area (Å²) in [5.41, 5.74) is 12.3. The zero-order valence-corrected chi connectivity index (χ0v) is 29.5. The van der Waals surface area contributed by atoms with Crippen molar-refractivity contribution in [3.05, 3.63) is 193 Å². The van der Waals surface area contributed by atoms with E-state index in [1.807, 2.05) is 42.5 Å². The quantitative estimate of drug-likeness (QED) is 0.169. The van der Waals surface area contributed by atoms with Gasteiger partial charge in [-0.15, -0.1) is 0 Å². The lowest BCUT2D eigenvalue weighted by Crippen LogP contribution is -2.03. The Morgan fingerprint density at radius 2 is 0.891 bits per heavy atom. The molecular weight excluding hydrogens is 671 g/mol. The van der Waals surface area contributed by atoms with Gasteiger partial charge in [-0.25, -0.2) is 4.85 Å². The number of nitriles is 1. The first-order valence-electron chi connectivity index (χ1n) is 18.3. The van der Waals surface area contributed by atoms with Gasteiger partial charge >= 0.3 is 0 Å². The van der Waals surface area contributed by atoms with Crippen LogP contribution in [0.1, 0.15) is 5.56 Å². The van der Waals surface area contributed by atoms with E-state index in [1.165, 1.54) is 10.8 Å². The van der Waals surface area contributed by atoms with Crippen LogP contribution in [-0.2, 0) is 0 Å². The molecule has 11 aromatic rings. The number of para-hydroxylation sites is 5. The summed E-state index contributed by atoms with van der Waals surface area (Å²) in [6.45, 7) is 7.82. The van der Waals surface area contributed by atoms with Crippen LogP contribution in [0.5, 0.6) is 0 Å². The Morgan fingerprint density at radius 3 is 1.49 bits per heavy atom. The Kier molecular flexibility index (Phi) is 6.61. The molecule has 0 aliphatic heterocycles. The van der Waals surface area contributed by atoms with Crippen molar-refractivity contribution < 1.29 is 0 Å². The van der Waals surface area contributed by atoms with E-state index in [4.69, 9.17) is 6.57 Å². The Labute approximate surface area is 316 Å². The third kappa shape index (κ3) is 4.39. The summed E-state index contributed by atoms with van der Waals surface area (Å²) in [4.78, 5) is 3.78. The molecule has 5 heteroatoms. The maximum absolute atomic E-state index is 10.8. The highest BCUT2D eigenvalue weighted by Crippen LogP contribution is 2.43. The molecule has 55 heavy (non-hydrogen) atoms. The minimum Gasteiger partial charge on any atom is -0.310 e. The van der Waals surface area contributed by atoms with Crippen LogP contribution in [0, 0.1) is 17.9 Å². The van der Waals surface area contributed by atoms with Gasteiger partial charge in [0.25, 0.3) is 0 Å². The van der Waals surface area contributed by atoms with E-state index in [2.05, 4.69) is 158 Å². The van der Waals surface area contributed by atoms with Crippen LogP contribution in [0.25, 0.3) is 98.5 Å². The van der Waals surface area contributed by atoms with Crippen molar-refractivity contribution in [2.45, 2.75) is 0 Å². The lowest BCUT2D eigenvalue weighted by molar-refractivity contribution is 1.15. The average molecular weight is 700 g/mol. The van der Waals surface area contributed by atoms with E-state index >= 15 is 0 Å². The van der Waals surface area contributed by atoms with Crippen molar-refractivity contribution in [1.29, 1.82) is 5.26 Å². The Bertz CT molecular complexity index is 3420. The lowest BCUT2D eigenvalue weighted by Gasteiger charge is -2.20. The number of hydrogen-bond acceptors (Lipinski definition) is 1. The molecule has 0 fully saturated rings. The van der Waals surface area contributed by atoms with Crippen molar-refractivity contribution in [3.63, 3.8) is 0 Å². The van der Waals surface area contributed by atoms with Crippen LogP contribution >= 0.6 is 0 Å². The predicted octanol–water partition coefficient (Wildman–Crippen LogP) is 13.1. The molecule has 254 valence electrons. The normalized spacial score (nSPS) is 11.6. The second-order valence-corrected chi connectivity index (χ2v) is 13.9. The molecule has 3 heterocycles. The molecular formula is C50H29N5. The Balaban J connectivity index is 1.23. The molecule has 0 N–H and O–H groups in total. The highest BCUT2D eigenvalue weighted by Gasteiger charge is 2.23. The number of aromatic nitrogens is 3. The highest BCUT2D eigenvalue weighted by atomic mass is 15.0. The largest absolute Gasteiger partial charge is 0.310 e. The molecule has 0 saturated heterocycles. The SMILES string of the molecule is [C-]#[N+]c1ccc2c3ccccc3n(-c3cccc(C#N)c3-c3ccccc3-n3c4ccccc4c4ccc(-n5c6ccccc6c6ccccc65)cc43)c2c1. The zero-order chi connectivity index (χ0) is 36.6. The first-order valence-corrected chi connectivity index (χ1v) is 18.3. The summed E-state index contributed by atoms with van der Waals surface area (Å²) in [5, 5.41) is 17.7. The van der Waals surface area contributed by atoms with Gasteiger partial charge in [-0.1, -0.05) is 115 Å². The average Bonchev–Trinajstić information content (AvgIpc) is 3.88. The summed E-state index contributed by atoms with van der Waals surface area (Å²) in [6.07, 6.45) is 0. The number of rotatable bonds is 4. The van der Waals surface area contributed by atoms with Crippen LogP contribution in [0.2, 0.25) is 0 Å². The van der Waals surface area contributed by atoms with Crippen LogP contribution in [-0.4, -0.2) is 13.7 Å². The maximum Gasteiger partial charge on any atom is 0.189 e. The minimum absolute atomic E-state index is 0.569. The maximum atomic E-state index is 10.8. The van der Waals surface area contributed by atoms with Gasteiger partial charge in [0.15, 0.2) is 5.69 Å². The standard InChI is InChI=1S/C50H29N5/c1-52-33-25-27-39-37-16-5-10-22-45(37)55(48(39)29-33)47-24-12-13-32(31-51)50(47)41-18-6-11-23-46(41)54-44-21-9-4-17-38(44)40-28-26-34(30-49(40)54)53-42-19-7-2-14-35(42)36-15-3-8-20-43(36)53/h2-30H.